The number of pyridine rings is 1. The Bertz CT molecular complexity index is 416. The fraction of sp³-hybridized carbons (Fsp3) is 0.571. The largest absolute Gasteiger partial charge is 0.353 e. The van der Waals surface area contributed by atoms with Crippen molar-refractivity contribution in [2.75, 3.05) is 5.75 Å². The molecule has 3 nitrogen and oxygen atoms in total. The van der Waals surface area contributed by atoms with Gasteiger partial charge in [-0.2, -0.15) is 0 Å². The maximum atomic E-state index is 11.9. The first-order valence-corrected chi connectivity index (χ1v) is 8.45. The normalized spacial score (nSPS) is 23.1. The summed E-state index contributed by atoms with van der Waals surface area (Å²) < 4.78 is 0.956. The van der Waals surface area contributed by atoms with E-state index in [-0.39, 0.29) is 5.91 Å². The number of thioether (sulfide) groups is 1. The Labute approximate surface area is 127 Å². The van der Waals surface area contributed by atoms with Crippen molar-refractivity contribution in [2.45, 2.75) is 43.7 Å². The highest BCUT2D eigenvalue weighted by Gasteiger charge is 2.19. The molecular formula is C14H19BrN2OS. The summed E-state index contributed by atoms with van der Waals surface area (Å²) in [6, 6.07) is 4.24. The van der Waals surface area contributed by atoms with Gasteiger partial charge in [-0.05, 0) is 59.7 Å². The second kappa shape index (κ2) is 7.29. The Morgan fingerprint density at radius 2 is 2.16 bits per heavy atom. The number of aromatic nitrogens is 1. The average molecular weight is 343 g/mol. The third-order valence-corrected chi connectivity index (χ3v) is 4.85. The van der Waals surface area contributed by atoms with Crippen molar-refractivity contribution in [3.05, 3.63) is 22.8 Å². The highest BCUT2D eigenvalue weighted by atomic mass is 79.9. The highest BCUT2D eigenvalue weighted by Crippen LogP contribution is 2.23. The molecule has 0 unspecified atom stereocenters. The van der Waals surface area contributed by atoms with E-state index in [1.54, 1.807) is 6.20 Å². The Kier molecular flexibility index (Phi) is 5.70. The first-order chi connectivity index (χ1) is 9.13. The zero-order valence-electron chi connectivity index (χ0n) is 11.1. The third kappa shape index (κ3) is 5.15. The number of hydrogen-bond acceptors (Lipinski definition) is 3. The molecule has 0 spiro atoms. The van der Waals surface area contributed by atoms with E-state index < -0.39 is 0 Å². The van der Waals surface area contributed by atoms with Gasteiger partial charge in [0.05, 0.1) is 10.8 Å². The van der Waals surface area contributed by atoms with Gasteiger partial charge in [0.2, 0.25) is 5.91 Å². The predicted molar refractivity (Wildman–Crippen MR) is 82.2 cm³/mol. The molecule has 0 atom stereocenters. The molecule has 1 aromatic rings. The molecule has 1 aliphatic rings. The molecule has 0 saturated heterocycles. The fourth-order valence-electron chi connectivity index (χ4n) is 2.26. The monoisotopic (exact) mass is 342 g/mol. The van der Waals surface area contributed by atoms with E-state index >= 15 is 0 Å². The van der Waals surface area contributed by atoms with E-state index in [0.717, 1.165) is 28.3 Å². The van der Waals surface area contributed by atoms with E-state index in [1.807, 2.05) is 12.1 Å². The maximum absolute atomic E-state index is 11.9. The molecule has 1 saturated carbocycles. The van der Waals surface area contributed by atoms with Crippen molar-refractivity contribution < 1.29 is 4.79 Å². The lowest BCUT2D eigenvalue weighted by Crippen LogP contribution is -2.38. The predicted octanol–water partition coefficient (Wildman–Crippen LogP) is 3.63. The zero-order valence-corrected chi connectivity index (χ0v) is 13.5. The van der Waals surface area contributed by atoms with E-state index in [9.17, 15) is 4.79 Å². The molecule has 5 heteroatoms. The molecule has 1 heterocycles. The van der Waals surface area contributed by atoms with Crippen LogP contribution >= 0.6 is 27.7 Å². The molecule has 0 bridgehead atoms. The SMILES string of the molecule is CC1CCC(NC(=O)CSc2ccc(Br)cn2)CC1. The topological polar surface area (TPSA) is 42.0 Å². The lowest BCUT2D eigenvalue weighted by molar-refractivity contribution is -0.119. The smallest absolute Gasteiger partial charge is 0.230 e. The van der Waals surface area contributed by atoms with Crippen LogP contribution in [0.2, 0.25) is 0 Å². The Morgan fingerprint density at radius 1 is 1.42 bits per heavy atom. The molecule has 104 valence electrons. The number of hydrogen-bond donors (Lipinski definition) is 1. The summed E-state index contributed by atoms with van der Waals surface area (Å²) in [7, 11) is 0. The molecule has 1 N–H and O–H groups in total. The third-order valence-electron chi connectivity index (χ3n) is 3.43. The molecule has 2 rings (SSSR count). The number of carbonyl (C=O) groups is 1. The van der Waals surface area contributed by atoms with Crippen molar-refractivity contribution in [2.24, 2.45) is 5.92 Å². The van der Waals surface area contributed by atoms with E-state index in [1.165, 1.54) is 24.6 Å². The summed E-state index contributed by atoms with van der Waals surface area (Å²) in [6.45, 7) is 2.28. The molecule has 0 radical (unpaired) electrons. The maximum Gasteiger partial charge on any atom is 0.230 e. The van der Waals surface area contributed by atoms with Gasteiger partial charge in [0, 0.05) is 16.7 Å². The van der Waals surface area contributed by atoms with Gasteiger partial charge >= 0.3 is 0 Å². The van der Waals surface area contributed by atoms with Crippen molar-refractivity contribution in [3.8, 4) is 0 Å². The van der Waals surface area contributed by atoms with Crippen molar-refractivity contribution in [3.63, 3.8) is 0 Å². The minimum atomic E-state index is 0.120. The second-order valence-corrected chi connectivity index (χ2v) is 7.04. The van der Waals surface area contributed by atoms with Gasteiger partial charge < -0.3 is 5.32 Å². The van der Waals surface area contributed by atoms with Crippen LogP contribution in [0, 0.1) is 5.92 Å². The van der Waals surface area contributed by atoms with Crippen molar-refractivity contribution in [1.82, 2.24) is 10.3 Å². The first-order valence-electron chi connectivity index (χ1n) is 6.67. The van der Waals surface area contributed by atoms with Crippen LogP contribution in [0.25, 0.3) is 0 Å². The van der Waals surface area contributed by atoms with E-state index in [4.69, 9.17) is 0 Å². The van der Waals surface area contributed by atoms with Crippen LogP contribution in [0.15, 0.2) is 27.8 Å². The van der Waals surface area contributed by atoms with Crippen LogP contribution in [-0.4, -0.2) is 22.7 Å². The van der Waals surface area contributed by atoms with Gasteiger partial charge in [0.15, 0.2) is 0 Å². The zero-order chi connectivity index (χ0) is 13.7. The summed E-state index contributed by atoms with van der Waals surface area (Å²) in [5.74, 6) is 1.38. The molecular weight excluding hydrogens is 324 g/mol. The van der Waals surface area contributed by atoms with Gasteiger partial charge in [0.1, 0.15) is 0 Å². The molecule has 1 amide bonds. The van der Waals surface area contributed by atoms with Crippen LogP contribution in [0.3, 0.4) is 0 Å². The number of amides is 1. The first kappa shape index (κ1) is 14.9. The molecule has 0 aliphatic heterocycles. The molecule has 1 aromatic heterocycles. The van der Waals surface area contributed by atoms with Gasteiger partial charge in [-0.3, -0.25) is 4.79 Å². The molecule has 19 heavy (non-hydrogen) atoms. The Morgan fingerprint density at radius 3 is 2.79 bits per heavy atom. The highest BCUT2D eigenvalue weighted by molar-refractivity contribution is 9.10. The lowest BCUT2D eigenvalue weighted by Gasteiger charge is -2.26. The number of nitrogens with zero attached hydrogens (tertiary/aromatic N) is 1. The van der Waals surface area contributed by atoms with Gasteiger partial charge in [-0.15, -0.1) is 0 Å². The lowest BCUT2D eigenvalue weighted by atomic mass is 9.87. The fourth-order valence-corrected chi connectivity index (χ4v) is 3.15. The van der Waals surface area contributed by atoms with Gasteiger partial charge in [0.25, 0.3) is 0 Å². The average Bonchev–Trinajstić information content (AvgIpc) is 2.41. The van der Waals surface area contributed by atoms with E-state index in [0.29, 0.717) is 11.8 Å². The summed E-state index contributed by atoms with van der Waals surface area (Å²) in [6.07, 6.45) is 6.45. The number of carbonyl (C=O) groups excluding carboxylic acids is 1. The standard InChI is InChI=1S/C14H19BrN2OS/c1-10-2-5-12(6-3-10)17-13(18)9-19-14-7-4-11(15)8-16-14/h4,7-8,10,12H,2-3,5-6,9H2,1H3,(H,17,18). The quantitative estimate of drug-likeness (QED) is 0.849. The van der Waals surface area contributed by atoms with Crippen molar-refractivity contribution >= 4 is 33.6 Å². The van der Waals surface area contributed by atoms with Crippen LogP contribution in [-0.2, 0) is 4.79 Å². The van der Waals surface area contributed by atoms with Gasteiger partial charge in [-0.1, -0.05) is 18.7 Å². The minimum absolute atomic E-state index is 0.120. The molecule has 1 fully saturated rings. The van der Waals surface area contributed by atoms with Crippen molar-refractivity contribution in [1.29, 1.82) is 0 Å². The summed E-state index contributed by atoms with van der Waals surface area (Å²) in [4.78, 5) is 16.1. The van der Waals surface area contributed by atoms with Crippen LogP contribution in [0.1, 0.15) is 32.6 Å². The van der Waals surface area contributed by atoms with Gasteiger partial charge in [-0.25, -0.2) is 4.98 Å². The summed E-state index contributed by atoms with van der Waals surface area (Å²) in [5.41, 5.74) is 0. The number of rotatable bonds is 4. The Balaban J connectivity index is 1.71. The van der Waals surface area contributed by atoms with Crippen LogP contribution < -0.4 is 5.32 Å². The molecule has 0 aromatic carbocycles. The Hall–Kier alpha value is -0.550. The number of halogens is 1. The van der Waals surface area contributed by atoms with Crippen LogP contribution in [0.4, 0.5) is 0 Å². The minimum Gasteiger partial charge on any atom is -0.353 e. The summed E-state index contributed by atoms with van der Waals surface area (Å²) in [5, 5.41) is 4.01. The van der Waals surface area contributed by atoms with E-state index in [2.05, 4.69) is 33.2 Å². The van der Waals surface area contributed by atoms with Crippen LogP contribution in [0.5, 0.6) is 0 Å². The molecule has 1 aliphatic carbocycles. The second-order valence-electron chi connectivity index (χ2n) is 5.13. The number of nitrogens with one attached hydrogen (secondary N) is 1. The summed E-state index contributed by atoms with van der Waals surface area (Å²) >= 11 is 4.83.